The Balaban J connectivity index is 1.25. The monoisotopic (exact) mass is 577 g/mol. The van der Waals surface area contributed by atoms with Crippen LogP contribution in [0.15, 0.2) is 150 Å². The molecule has 1 aromatic heterocycles. The molecule has 0 aliphatic carbocycles. The van der Waals surface area contributed by atoms with Crippen LogP contribution in [0.25, 0.3) is 32.7 Å². The Morgan fingerprint density at radius 1 is 0.444 bits per heavy atom. The predicted molar refractivity (Wildman–Crippen MR) is 184 cm³/mol. The van der Waals surface area contributed by atoms with Crippen LogP contribution in [0.5, 0.6) is 23.0 Å². The normalized spacial score (nSPS) is 12.8. The van der Waals surface area contributed by atoms with Gasteiger partial charge in [0.05, 0.1) is 5.69 Å². The third kappa shape index (κ3) is 3.55. The molecule has 2 aliphatic rings. The number of nitrogens with zero attached hydrogens (tertiary/aromatic N) is 1. The molecule has 0 radical (unpaired) electrons. The second-order valence-electron chi connectivity index (χ2n) is 11.7. The molecule has 8 aromatic rings. The SMILES string of the molecule is c1ccc(N(c2ccccc2)c2cc3oc4cc5c(cc4c3c3ccccc23)Oc2cccc3c2B5c2ccccc2O3)cc1. The summed E-state index contributed by atoms with van der Waals surface area (Å²) in [6, 6.07) is 50.5. The minimum absolute atomic E-state index is 0.0125. The first kappa shape index (κ1) is 24.5. The quantitative estimate of drug-likeness (QED) is 0.197. The van der Waals surface area contributed by atoms with E-state index in [1.807, 2.05) is 30.3 Å². The first-order chi connectivity index (χ1) is 22.3. The van der Waals surface area contributed by atoms with Crippen molar-refractivity contribution in [3.8, 4) is 23.0 Å². The third-order valence-corrected chi connectivity index (χ3v) is 9.15. The maximum absolute atomic E-state index is 6.79. The van der Waals surface area contributed by atoms with Crippen molar-refractivity contribution < 1.29 is 13.9 Å². The van der Waals surface area contributed by atoms with E-state index in [4.69, 9.17) is 13.9 Å². The van der Waals surface area contributed by atoms with Crippen LogP contribution in [0.3, 0.4) is 0 Å². The Labute approximate surface area is 259 Å². The fourth-order valence-electron chi connectivity index (χ4n) is 7.26. The Hall–Kier alpha value is -5.94. The van der Waals surface area contributed by atoms with Crippen molar-refractivity contribution in [1.29, 1.82) is 0 Å². The summed E-state index contributed by atoms with van der Waals surface area (Å²) in [5, 5.41) is 4.41. The van der Waals surface area contributed by atoms with E-state index in [0.717, 1.165) is 89.2 Å². The van der Waals surface area contributed by atoms with Crippen LogP contribution >= 0.6 is 0 Å². The molecule has 0 spiro atoms. The number of fused-ring (bicyclic) bond motifs is 9. The smallest absolute Gasteiger partial charge is 0.260 e. The summed E-state index contributed by atoms with van der Waals surface area (Å²) in [6.45, 7) is -0.0125. The van der Waals surface area contributed by atoms with E-state index in [9.17, 15) is 0 Å². The molecule has 3 heterocycles. The van der Waals surface area contributed by atoms with Gasteiger partial charge in [0.15, 0.2) is 0 Å². The van der Waals surface area contributed by atoms with Crippen LogP contribution in [-0.4, -0.2) is 6.71 Å². The van der Waals surface area contributed by atoms with Gasteiger partial charge in [0.2, 0.25) is 0 Å². The van der Waals surface area contributed by atoms with Gasteiger partial charge in [-0.2, -0.15) is 0 Å². The van der Waals surface area contributed by atoms with Gasteiger partial charge >= 0.3 is 0 Å². The molecule has 0 saturated carbocycles. The van der Waals surface area contributed by atoms with Gasteiger partial charge in [0.1, 0.15) is 34.2 Å². The van der Waals surface area contributed by atoms with Crippen LogP contribution < -0.4 is 30.8 Å². The van der Waals surface area contributed by atoms with Gasteiger partial charge in [-0.1, -0.05) is 84.9 Å². The largest absolute Gasteiger partial charge is 0.458 e. The van der Waals surface area contributed by atoms with Gasteiger partial charge in [-0.3, -0.25) is 0 Å². The van der Waals surface area contributed by atoms with Gasteiger partial charge in [0, 0.05) is 39.1 Å². The van der Waals surface area contributed by atoms with Gasteiger partial charge in [-0.25, -0.2) is 0 Å². The van der Waals surface area contributed by atoms with Gasteiger partial charge in [-0.05, 0) is 70.9 Å². The van der Waals surface area contributed by atoms with Crippen LogP contribution in [0.1, 0.15) is 0 Å². The maximum atomic E-state index is 6.79. The zero-order valence-corrected chi connectivity index (χ0v) is 24.1. The zero-order chi connectivity index (χ0) is 29.5. The van der Waals surface area contributed by atoms with Gasteiger partial charge in [0.25, 0.3) is 6.71 Å². The fourth-order valence-corrected chi connectivity index (χ4v) is 7.26. The molecule has 0 atom stereocenters. The third-order valence-electron chi connectivity index (χ3n) is 9.15. The highest BCUT2D eigenvalue weighted by Gasteiger charge is 2.40. The summed E-state index contributed by atoms with van der Waals surface area (Å²) < 4.78 is 19.7. The summed E-state index contributed by atoms with van der Waals surface area (Å²) in [5.74, 6) is 3.39. The lowest BCUT2D eigenvalue weighted by Crippen LogP contribution is -2.57. The first-order valence-electron chi connectivity index (χ1n) is 15.2. The molecular formula is C40H24BNO3. The van der Waals surface area contributed by atoms with Crippen molar-refractivity contribution in [1.82, 2.24) is 0 Å². The Bertz CT molecular complexity index is 2410. The fraction of sp³-hybridized carbons (Fsp3) is 0. The minimum Gasteiger partial charge on any atom is -0.458 e. The summed E-state index contributed by atoms with van der Waals surface area (Å²) in [6.07, 6.45) is 0. The number of hydrogen-bond acceptors (Lipinski definition) is 4. The Morgan fingerprint density at radius 3 is 1.82 bits per heavy atom. The maximum Gasteiger partial charge on any atom is 0.260 e. The van der Waals surface area contributed by atoms with E-state index in [0.29, 0.717) is 0 Å². The standard InChI is InChI=1S/C40H24BNO3/c1-3-12-25(13-4-1)42(26-14-5-2-6-15-26)32-24-38-39(28-17-8-7-16-27(28)32)29-22-37-31(23-36(29)45-38)41-30-18-9-10-19-33(30)43-34-20-11-21-35(44-37)40(34)41/h1-24H. The van der Waals surface area contributed by atoms with E-state index >= 15 is 0 Å². The van der Waals surface area contributed by atoms with Crippen molar-refractivity contribution in [3.63, 3.8) is 0 Å². The highest BCUT2D eigenvalue weighted by molar-refractivity contribution is 6.98. The second-order valence-corrected chi connectivity index (χ2v) is 11.7. The molecular weight excluding hydrogens is 553 g/mol. The van der Waals surface area contributed by atoms with E-state index in [2.05, 4.69) is 120 Å². The van der Waals surface area contributed by atoms with Crippen LogP contribution in [-0.2, 0) is 0 Å². The van der Waals surface area contributed by atoms with E-state index < -0.39 is 0 Å². The first-order valence-corrected chi connectivity index (χ1v) is 15.2. The molecule has 0 bridgehead atoms. The summed E-state index contributed by atoms with van der Waals surface area (Å²) in [4.78, 5) is 2.31. The van der Waals surface area contributed by atoms with Gasteiger partial charge in [-0.15, -0.1) is 0 Å². The molecule has 5 heteroatoms. The van der Waals surface area contributed by atoms with Crippen LogP contribution in [0.2, 0.25) is 0 Å². The van der Waals surface area contributed by atoms with Crippen molar-refractivity contribution in [2.45, 2.75) is 0 Å². The average molecular weight is 577 g/mol. The van der Waals surface area contributed by atoms with Crippen molar-refractivity contribution >= 4 is 72.9 Å². The number of anilines is 3. The highest BCUT2D eigenvalue weighted by atomic mass is 16.5. The molecule has 0 saturated heterocycles. The van der Waals surface area contributed by atoms with E-state index in [1.165, 1.54) is 0 Å². The highest BCUT2D eigenvalue weighted by Crippen LogP contribution is 2.45. The van der Waals surface area contributed by atoms with E-state index in [1.54, 1.807) is 0 Å². The van der Waals surface area contributed by atoms with Gasteiger partial charge < -0.3 is 18.8 Å². The van der Waals surface area contributed by atoms with Crippen molar-refractivity contribution in [2.24, 2.45) is 0 Å². The summed E-state index contributed by atoms with van der Waals surface area (Å²) in [7, 11) is 0. The van der Waals surface area contributed by atoms with E-state index in [-0.39, 0.29) is 6.71 Å². The number of benzene rings is 7. The molecule has 0 amide bonds. The Morgan fingerprint density at radius 2 is 1.07 bits per heavy atom. The van der Waals surface area contributed by atoms with Crippen LogP contribution in [0, 0.1) is 0 Å². The lowest BCUT2D eigenvalue weighted by atomic mass is 9.35. The molecule has 7 aromatic carbocycles. The zero-order valence-electron chi connectivity index (χ0n) is 24.1. The number of ether oxygens (including phenoxy) is 2. The van der Waals surface area contributed by atoms with Crippen LogP contribution in [0.4, 0.5) is 17.1 Å². The molecule has 2 aliphatic heterocycles. The number of furan rings is 1. The average Bonchev–Trinajstić information content (AvgIpc) is 3.45. The minimum atomic E-state index is -0.0125. The second kappa shape index (κ2) is 9.28. The lowest BCUT2D eigenvalue weighted by Gasteiger charge is -2.32. The molecule has 210 valence electrons. The summed E-state index contributed by atoms with van der Waals surface area (Å²) >= 11 is 0. The van der Waals surface area contributed by atoms with Crippen molar-refractivity contribution in [3.05, 3.63) is 146 Å². The molecule has 4 nitrogen and oxygen atoms in total. The number of rotatable bonds is 3. The Kier molecular flexibility index (Phi) is 5.05. The molecule has 10 rings (SSSR count). The molecule has 0 fully saturated rings. The predicted octanol–water partition coefficient (Wildman–Crippen LogP) is 8.94. The molecule has 45 heavy (non-hydrogen) atoms. The summed E-state index contributed by atoms with van der Waals surface area (Å²) in [5.41, 5.74) is 8.18. The molecule has 0 N–H and O–H groups in total. The van der Waals surface area contributed by atoms with Crippen molar-refractivity contribution in [2.75, 3.05) is 4.90 Å². The topological polar surface area (TPSA) is 34.8 Å². The number of para-hydroxylation sites is 3. The molecule has 0 unspecified atom stereocenters. The number of hydrogen-bond donors (Lipinski definition) is 0. The lowest BCUT2D eigenvalue weighted by molar-refractivity contribution is 0.465.